The summed E-state index contributed by atoms with van der Waals surface area (Å²) >= 11 is 6.08. The van der Waals surface area contributed by atoms with Crippen LogP contribution in [0, 0.1) is 13.8 Å². The average Bonchev–Trinajstić information content (AvgIpc) is 2.84. The summed E-state index contributed by atoms with van der Waals surface area (Å²) in [6, 6.07) is 19.8. The second kappa shape index (κ2) is 9.76. The Kier molecular flexibility index (Phi) is 6.76. The molecule has 1 aromatic heterocycles. The summed E-state index contributed by atoms with van der Waals surface area (Å²) in [5, 5.41) is 4.47. The van der Waals surface area contributed by atoms with Crippen LogP contribution in [0.15, 0.2) is 71.5 Å². The van der Waals surface area contributed by atoms with Crippen molar-refractivity contribution >= 4 is 39.9 Å². The van der Waals surface area contributed by atoms with E-state index < -0.39 is 18.0 Å². The third kappa shape index (κ3) is 4.70. The highest BCUT2D eigenvalue weighted by Gasteiger charge is 2.26. The number of rotatable bonds is 5. The summed E-state index contributed by atoms with van der Waals surface area (Å²) in [5.74, 6) is -1.24. The molecule has 1 atom stereocenters. The number of anilines is 1. The first-order valence-corrected chi connectivity index (χ1v) is 11.5. The van der Waals surface area contributed by atoms with Gasteiger partial charge in [0.25, 0.3) is 11.5 Å². The number of pyridine rings is 1. The molecule has 3 aromatic carbocycles. The maximum atomic E-state index is 13.4. The molecular formula is C28H25ClN2O4. The van der Waals surface area contributed by atoms with Crippen molar-refractivity contribution in [1.29, 1.82) is 0 Å². The monoisotopic (exact) mass is 488 g/mol. The van der Waals surface area contributed by atoms with Crippen LogP contribution in [0.3, 0.4) is 0 Å². The Balaban J connectivity index is 1.75. The predicted octanol–water partition coefficient (Wildman–Crippen LogP) is 5.66. The molecule has 0 aliphatic heterocycles. The van der Waals surface area contributed by atoms with Crippen LogP contribution in [0.1, 0.15) is 28.5 Å². The van der Waals surface area contributed by atoms with Gasteiger partial charge in [-0.2, -0.15) is 0 Å². The van der Waals surface area contributed by atoms with E-state index >= 15 is 0 Å². The van der Waals surface area contributed by atoms with E-state index in [1.54, 1.807) is 48.5 Å². The summed E-state index contributed by atoms with van der Waals surface area (Å²) in [7, 11) is 1.52. The smallest absolute Gasteiger partial charge is 0.356 e. The third-order valence-electron chi connectivity index (χ3n) is 6.01. The highest BCUT2D eigenvalue weighted by Crippen LogP contribution is 2.32. The zero-order valence-corrected chi connectivity index (χ0v) is 20.6. The first-order chi connectivity index (χ1) is 16.7. The molecule has 0 fully saturated rings. The van der Waals surface area contributed by atoms with Crippen LogP contribution in [0.2, 0.25) is 5.02 Å². The maximum absolute atomic E-state index is 13.4. The summed E-state index contributed by atoms with van der Waals surface area (Å²) in [4.78, 5) is 39.4. The molecule has 178 valence electrons. The number of nitrogens with one attached hydrogen (secondary N) is 1. The average molecular weight is 489 g/mol. The molecule has 0 bridgehead atoms. The van der Waals surface area contributed by atoms with Crippen molar-refractivity contribution in [2.75, 3.05) is 5.32 Å². The normalized spacial score (nSPS) is 11.8. The first kappa shape index (κ1) is 24.2. The van der Waals surface area contributed by atoms with Gasteiger partial charge < -0.3 is 14.6 Å². The standard InChI is InChI=1S/C28H25ClN2O4/c1-16-8-7-9-17(2)24(16)30-26(32)18(3)35-28(34)25-23(19-12-14-20(29)15-13-19)21-10-5-6-11-22(21)27(33)31(25)4/h5-15,18H,1-4H3,(H,30,32). The Labute approximate surface area is 208 Å². The fourth-order valence-corrected chi connectivity index (χ4v) is 4.25. The van der Waals surface area contributed by atoms with Crippen molar-refractivity contribution < 1.29 is 14.3 Å². The van der Waals surface area contributed by atoms with Crippen LogP contribution in [-0.2, 0) is 16.6 Å². The van der Waals surface area contributed by atoms with Crippen molar-refractivity contribution in [3.8, 4) is 11.1 Å². The maximum Gasteiger partial charge on any atom is 0.356 e. The number of ether oxygens (including phenoxy) is 1. The van der Waals surface area contributed by atoms with Gasteiger partial charge in [-0.1, -0.05) is 60.1 Å². The molecule has 0 aliphatic rings. The van der Waals surface area contributed by atoms with E-state index in [0.29, 0.717) is 32.6 Å². The van der Waals surface area contributed by atoms with Crippen molar-refractivity contribution in [2.45, 2.75) is 26.9 Å². The fourth-order valence-electron chi connectivity index (χ4n) is 4.12. The Hall–Kier alpha value is -3.90. The number of carbonyl (C=O) groups is 2. The first-order valence-electron chi connectivity index (χ1n) is 11.1. The summed E-state index contributed by atoms with van der Waals surface area (Å²) < 4.78 is 6.85. The van der Waals surface area contributed by atoms with Gasteiger partial charge in [0, 0.05) is 28.7 Å². The molecule has 1 heterocycles. The number of fused-ring (bicyclic) bond motifs is 1. The van der Waals surface area contributed by atoms with Gasteiger partial charge >= 0.3 is 5.97 Å². The lowest BCUT2D eigenvalue weighted by Gasteiger charge is -2.19. The van der Waals surface area contributed by atoms with E-state index in [-0.39, 0.29) is 11.3 Å². The van der Waals surface area contributed by atoms with Crippen LogP contribution in [-0.4, -0.2) is 22.5 Å². The number of aryl methyl sites for hydroxylation is 2. The lowest BCUT2D eigenvalue weighted by atomic mass is 9.96. The van der Waals surface area contributed by atoms with Crippen molar-refractivity contribution in [2.24, 2.45) is 7.05 Å². The van der Waals surface area contributed by atoms with Crippen LogP contribution in [0.25, 0.3) is 21.9 Å². The van der Waals surface area contributed by atoms with Gasteiger partial charge in [0.15, 0.2) is 6.10 Å². The number of esters is 1. The van der Waals surface area contributed by atoms with Crippen molar-refractivity contribution in [3.05, 3.63) is 98.9 Å². The van der Waals surface area contributed by atoms with E-state index in [9.17, 15) is 14.4 Å². The largest absolute Gasteiger partial charge is 0.448 e. The number of nitrogens with zero attached hydrogens (tertiary/aromatic N) is 1. The zero-order valence-electron chi connectivity index (χ0n) is 19.9. The highest BCUT2D eigenvalue weighted by molar-refractivity contribution is 6.30. The predicted molar refractivity (Wildman–Crippen MR) is 139 cm³/mol. The zero-order chi connectivity index (χ0) is 25.3. The number of halogens is 1. The van der Waals surface area contributed by atoms with E-state index in [4.69, 9.17) is 16.3 Å². The lowest BCUT2D eigenvalue weighted by Crippen LogP contribution is -2.33. The minimum atomic E-state index is -1.10. The summed E-state index contributed by atoms with van der Waals surface area (Å²) in [6.07, 6.45) is -1.10. The SMILES string of the molecule is Cc1cccc(C)c1NC(=O)C(C)OC(=O)c1c(-c2ccc(Cl)cc2)c2ccccc2c(=O)n1C. The lowest BCUT2D eigenvalue weighted by molar-refractivity contribution is -0.123. The van der Waals surface area contributed by atoms with Crippen LogP contribution in [0.4, 0.5) is 5.69 Å². The van der Waals surface area contributed by atoms with Gasteiger partial charge in [-0.25, -0.2) is 4.79 Å². The quantitative estimate of drug-likeness (QED) is 0.368. The Morgan fingerprint density at radius 3 is 2.14 bits per heavy atom. The molecule has 35 heavy (non-hydrogen) atoms. The van der Waals surface area contributed by atoms with E-state index in [2.05, 4.69) is 5.32 Å². The molecule has 1 unspecified atom stereocenters. The second-order valence-corrected chi connectivity index (χ2v) is 8.88. The molecule has 7 heteroatoms. The molecule has 0 aliphatic carbocycles. The molecule has 1 N–H and O–H groups in total. The summed E-state index contributed by atoms with van der Waals surface area (Å²) in [5.41, 5.74) is 3.44. The van der Waals surface area contributed by atoms with Crippen molar-refractivity contribution in [3.63, 3.8) is 0 Å². The molecule has 4 rings (SSSR count). The van der Waals surface area contributed by atoms with Gasteiger partial charge in [0.05, 0.1) is 0 Å². The molecule has 1 amide bonds. The Morgan fingerprint density at radius 2 is 1.51 bits per heavy atom. The Morgan fingerprint density at radius 1 is 0.914 bits per heavy atom. The number of aromatic nitrogens is 1. The minimum Gasteiger partial charge on any atom is -0.448 e. The Bertz CT molecular complexity index is 1490. The number of hydrogen-bond acceptors (Lipinski definition) is 4. The molecule has 0 saturated carbocycles. The van der Waals surface area contributed by atoms with Crippen LogP contribution < -0.4 is 10.9 Å². The van der Waals surface area contributed by atoms with Crippen molar-refractivity contribution in [1.82, 2.24) is 4.57 Å². The molecule has 4 aromatic rings. The van der Waals surface area contributed by atoms with E-state index in [1.807, 2.05) is 32.0 Å². The second-order valence-electron chi connectivity index (χ2n) is 8.44. The molecule has 0 saturated heterocycles. The molecule has 0 spiro atoms. The molecule has 6 nitrogen and oxygen atoms in total. The number of carbonyl (C=O) groups excluding carboxylic acids is 2. The topological polar surface area (TPSA) is 77.4 Å². The fraction of sp³-hybridized carbons (Fsp3) is 0.179. The number of benzene rings is 3. The molecule has 0 radical (unpaired) electrons. The van der Waals surface area contributed by atoms with Crippen LogP contribution in [0.5, 0.6) is 0 Å². The van der Waals surface area contributed by atoms with Gasteiger partial charge in [0.1, 0.15) is 5.69 Å². The molecular weight excluding hydrogens is 464 g/mol. The number of amides is 1. The van der Waals surface area contributed by atoms with E-state index in [0.717, 1.165) is 11.1 Å². The van der Waals surface area contributed by atoms with Gasteiger partial charge in [-0.3, -0.25) is 9.59 Å². The number of hydrogen-bond donors (Lipinski definition) is 1. The van der Waals surface area contributed by atoms with Crippen LogP contribution >= 0.6 is 11.6 Å². The van der Waals surface area contributed by atoms with Gasteiger partial charge in [-0.05, 0) is 61.0 Å². The minimum absolute atomic E-state index is 0.0581. The highest BCUT2D eigenvalue weighted by atomic mass is 35.5. The van der Waals surface area contributed by atoms with Gasteiger partial charge in [-0.15, -0.1) is 0 Å². The summed E-state index contributed by atoms with van der Waals surface area (Å²) in [6.45, 7) is 5.28. The third-order valence-corrected chi connectivity index (χ3v) is 6.26. The van der Waals surface area contributed by atoms with Gasteiger partial charge in [0.2, 0.25) is 0 Å². The number of para-hydroxylation sites is 1. The van der Waals surface area contributed by atoms with E-state index in [1.165, 1.54) is 18.5 Å².